The van der Waals surface area contributed by atoms with Crippen LogP contribution in [0.25, 0.3) is 0 Å². The second-order valence-corrected chi connectivity index (χ2v) is 8.07. The molecular weight excluding hydrogens is 280 g/mol. The molecule has 3 aliphatic carbocycles. The molecule has 0 bridgehead atoms. The van der Waals surface area contributed by atoms with Crippen LogP contribution in [0.15, 0.2) is 0 Å². The van der Waals surface area contributed by atoms with Crippen molar-refractivity contribution in [3.63, 3.8) is 0 Å². The minimum atomic E-state index is -0.826. The van der Waals surface area contributed by atoms with E-state index in [0.717, 1.165) is 25.7 Å². The fourth-order valence-electron chi connectivity index (χ4n) is 5.73. The lowest BCUT2D eigenvalue weighted by atomic mass is 9.49. The summed E-state index contributed by atoms with van der Waals surface area (Å²) in [6.07, 6.45) is 5.35. The summed E-state index contributed by atoms with van der Waals surface area (Å²) in [5.41, 5.74) is -0.691. The number of carbonyl (C=O) groups is 3. The van der Waals surface area contributed by atoms with Gasteiger partial charge in [0.15, 0.2) is 0 Å². The van der Waals surface area contributed by atoms with Gasteiger partial charge in [-0.05, 0) is 49.9 Å². The van der Waals surface area contributed by atoms with Crippen LogP contribution in [0.2, 0.25) is 0 Å². The molecule has 122 valence electrons. The number of aliphatic carboxylic acids is 1. The summed E-state index contributed by atoms with van der Waals surface area (Å²) < 4.78 is 0. The van der Waals surface area contributed by atoms with Crippen LogP contribution in [-0.4, -0.2) is 22.6 Å². The first-order valence-corrected chi connectivity index (χ1v) is 8.57. The summed E-state index contributed by atoms with van der Waals surface area (Å²) >= 11 is 0. The van der Waals surface area contributed by atoms with Crippen molar-refractivity contribution in [1.29, 1.82) is 0 Å². The summed E-state index contributed by atoms with van der Waals surface area (Å²) in [5.74, 6) is 0.894. The van der Waals surface area contributed by atoms with Crippen molar-refractivity contribution < 1.29 is 19.5 Å². The fourth-order valence-corrected chi connectivity index (χ4v) is 5.73. The molecule has 1 N–H and O–H groups in total. The minimum absolute atomic E-state index is 0.0618. The number of rotatable bonds is 3. The zero-order valence-electron chi connectivity index (χ0n) is 13.6. The van der Waals surface area contributed by atoms with Crippen LogP contribution in [0.3, 0.4) is 0 Å². The largest absolute Gasteiger partial charge is 0.481 e. The summed E-state index contributed by atoms with van der Waals surface area (Å²) in [6.45, 7) is 4.10. The van der Waals surface area contributed by atoms with E-state index in [9.17, 15) is 14.4 Å². The van der Waals surface area contributed by atoms with Gasteiger partial charge in [-0.3, -0.25) is 14.4 Å². The van der Waals surface area contributed by atoms with Gasteiger partial charge in [0, 0.05) is 30.1 Å². The van der Waals surface area contributed by atoms with Crippen LogP contribution in [0, 0.1) is 28.6 Å². The lowest BCUT2D eigenvalue weighted by Gasteiger charge is -2.54. The molecule has 0 aromatic rings. The van der Waals surface area contributed by atoms with Crippen LogP contribution in [0.1, 0.15) is 65.2 Å². The van der Waals surface area contributed by atoms with Gasteiger partial charge in [0.05, 0.1) is 0 Å². The van der Waals surface area contributed by atoms with Gasteiger partial charge in [0.25, 0.3) is 0 Å². The molecule has 3 aliphatic rings. The SMILES string of the molecule is C[C@]1(CCC(=O)O)C(=O)CCC2C3CCC(=O)[C@@]3(C)CC[C@@H]21. The molecule has 3 rings (SSSR count). The maximum absolute atomic E-state index is 12.6. The molecule has 0 aromatic heterocycles. The maximum atomic E-state index is 12.6. The van der Waals surface area contributed by atoms with Crippen LogP contribution in [0.4, 0.5) is 0 Å². The summed E-state index contributed by atoms with van der Waals surface area (Å²) in [4.78, 5) is 35.8. The van der Waals surface area contributed by atoms with Crippen molar-refractivity contribution in [3.8, 4) is 0 Å². The van der Waals surface area contributed by atoms with Crippen LogP contribution >= 0.6 is 0 Å². The molecule has 22 heavy (non-hydrogen) atoms. The third-order valence-corrected chi connectivity index (χ3v) is 7.16. The van der Waals surface area contributed by atoms with Gasteiger partial charge in [0.1, 0.15) is 11.6 Å². The molecule has 0 amide bonds. The topological polar surface area (TPSA) is 71.4 Å². The average molecular weight is 306 g/mol. The van der Waals surface area contributed by atoms with Crippen molar-refractivity contribution >= 4 is 17.5 Å². The predicted molar refractivity (Wildman–Crippen MR) is 81.3 cm³/mol. The van der Waals surface area contributed by atoms with E-state index < -0.39 is 11.4 Å². The zero-order chi connectivity index (χ0) is 16.1. The van der Waals surface area contributed by atoms with E-state index in [1.54, 1.807) is 0 Å². The Hall–Kier alpha value is -1.19. The molecule has 5 atom stereocenters. The first-order valence-electron chi connectivity index (χ1n) is 8.57. The highest BCUT2D eigenvalue weighted by Gasteiger charge is 2.59. The third kappa shape index (κ3) is 2.14. The van der Waals surface area contributed by atoms with E-state index in [-0.39, 0.29) is 23.5 Å². The lowest BCUT2D eigenvalue weighted by molar-refractivity contribution is -0.149. The number of carboxylic acids is 1. The lowest BCUT2D eigenvalue weighted by Crippen LogP contribution is -2.52. The zero-order valence-corrected chi connectivity index (χ0v) is 13.6. The van der Waals surface area contributed by atoms with E-state index in [2.05, 4.69) is 6.92 Å². The predicted octanol–water partition coefficient (Wildman–Crippen LogP) is 3.23. The maximum Gasteiger partial charge on any atom is 0.303 e. The summed E-state index contributed by atoms with van der Waals surface area (Å²) in [6, 6.07) is 0. The molecule has 0 heterocycles. The Morgan fingerprint density at radius 1 is 1.09 bits per heavy atom. The molecule has 0 radical (unpaired) electrons. The highest BCUT2D eigenvalue weighted by molar-refractivity contribution is 5.88. The van der Waals surface area contributed by atoms with Gasteiger partial charge in [-0.1, -0.05) is 13.8 Å². The van der Waals surface area contributed by atoms with Crippen molar-refractivity contribution in [3.05, 3.63) is 0 Å². The first-order chi connectivity index (χ1) is 10.3. The van der Waals surface area contributed by atoms with Gasteiger partial charge in [-0.2, -0.15) is 0 Å². The number of ketones is 2. The Morgan fingerprint density at radius 2 is 1.77 bits per heavy atom. The second-order valence-electron chi connectivity index (χ2n) is 8.07. The number of hydrogen-bond acceptors (Lipinski definition) is 3. The van der Waals surface area contributed by atoms with Crippen LogP contribution < -0.4 is 0 Å². The standard InChI is InChI=1S/C18H26O4/c1-17-9-7-13-11(12(17)4-6-15(17)20)3-5-14(19)18(13,2)10-8-16(21)22/h11-13H,3-10H2,1-2H3,(H,21,22)/t11?,12?,13-,17-,18+/m0/s1. The van der Waals surface area contributed by atoms with E-state index in [1.165, 1.54) is 0 Å². The van der Waals surface area contributed by atoms with Gasteiger partial charge >= 0.3 is 5.97 Å². The van der Waals surface area contributed by atoms with E-state index in [0.29, 0.717) is 36.9 Å². The molecule has 4 heteroatoms. The quantitative estimate of drug-likeness (QED) is 0.869. The normalized spacial score (nSPS) is 44.5. The average Bonchev–Trinajstić information content (AvgIpc) is 2.77. The Bertz CT molecular complexity index is 525. The van der Waals surface area contributed by atoms with Crippen molar-refractivity contribution in [1.82, 2.24) is 0 Å². The molecule has 4 nitrogen and oxygen atoms in total. The van der Waals surface area contributed by atoms with Gasteiger partial charge in [-0.15, -0.1) is 0 Å². The number of Topliss-reactive ketones (excluding diaryl/α,β-unsaturated/α-hetero) is 2. The van der Waals surface area contributed by atoms with E-state index in [1.807, 2.05) is 6.92 Å². The first kappa shape index (κ1) is 15.7. The van der Waals surface area contributed by atoms with Gasteiger partial charge in [-0.25, -0.2) is 0 Å². The molecule has 2 unspecified atom stereocenters. The Morgan fingerprint density at radius 3 is 2.45 bits per heavy atom. The summed E-state index contributed by atoms with van der Waals surface area (Å²) in [7, 11) is 0. The van der Waals surface area contributed by atoms with Crippen molar-refractivity contribution in [2.75, 3.05) is 0 Å². The van der Waals surface area contributed by atoms with Crippen LogP contribution in [0.5, 0.6) is 0 Å². The van der Waals surface area contributed by atoms with E-state index in [4.69, 9.17) is 5.11 Å². The number of fused-ring (bicyclic) bond motifs is 3. The van der Waals surface area contributed by atoms with Gasteiger partial charge in [0.2, 0.25) is 0 Å². The highest BCUT2D eigenvalue weighted by Crippen LogP contribution is 2.61. The molecule has 0 aliphatic heterocycles. The third-order valence-electron chi connectivity index (χ3n) is 7.16. The minimum Gasteiger partial charge on any atom is -0.481 e. The molecule has 0 aromatic carbocycles. The molecular formula is C18H26O4. The highest BCUT2D eigenvalue weighted by atomic mass is 16.4. The number of carboxylic acid groups (broad SMARTS) is 1. The monoisotopic (exact) mass is 306 g/mol. The molecule has 0 spiro atoms. The van der Waals surface area contributed by atoms with Crippen molar-refractivity contribution in [2.45, 2.75) is 65.2 Å². The Labute approximate surface area is 131 Å². The summed E-state index contributed by atoms with van der Waals surface area (Å²) in [5, 5.41) is 9.01. The number of carbonyl (C=O) groups excluding carboxylic acids is 2. The smallest absolute Gasteiger partial charge is 0.303 e. The molecule has 3 fully saturated rings. The van der Waals surface area contributed by atoms with E-state index >= 15 is 0 Å². The van der Waals surface area contributed by atoms with Gasteiger partial charge < -0.3 is 5.11 Å². The number of hydrogen-bond donors (Lipinski definition) is 1. The fraction of sp³-hybridized carbons (Fsp3) is 0.833. The molecule has 0 saturated heterocycles. The molecule has 3 saturated carbocycles. The Balaban J connectivity index is 1.88. The van der Waals surface area contributed by atoms with Crippen molar-refractivity contribution in [2.24, 2.45) is 28.6 Å². The Kier molecular flexibility index (Phi) is 3.69. The van der Waals surface area contributed by atoms with Crippen LogP contribution in [-0.2, 0) is 14.4 Å². The second kappa shape index (κ2) is 5.17.